The van der Waals surface area contributed by atoms with Crippen LogP contribution in [-0.2, 0) is 14.3 Å². The highest BCUT2D eigenvalue weighted by atomic mass is 16.5. The monoisotopic (exact) mass is 272 g/mol. The minimum Gasteiger partial charge on any atom is -0.460 e. The fraction of sp³-hybridized carbons (Fsp3) is 0.667. The maximum absolute atomic E-state index is 11.0. The Morgan fingerprint density at radius 2 is 1.95 bits per heavy atom. The molecule has 19 heavy (non-hydrogen) atoms. The van der Waals surface area contributed by atoms with Crippen molar-refractivity contribution in [2.75, 3.05) is 19.8 Å². The van der Waals surface area contributed by atoms with E-state index < -0.39 is 12.1 Å². The second kappa shape index (κ2) is 14.9. The van der Waals surface area contributed by atoms with Gasteiger partial charge < -0.3 is 14.6 Å². The van der Waals surface area contributed by atoms with E-state index in [4.69, 9.17) is 9.47 Å². The van der Waals surface area contributed by atoms with E-state index in [9.17, 15) is 9.90 Å². The average Bonchev–Trinajstić information content (AvgIpc) is 2.36. The summed E-state index contributed by atoms with van der Waals surface area (Å²) in [5.74, 6) is -0.481. The van der Waals surface area contributed by atoms with E-state index in [-0.39, 0.29) is 13.2 Å². The van der Waals surface area contributed by atoms with Gasteiger partial charge in [0, 0.05) is 12.2 Å². The van der Waals surface area contributed by atoms with E-state index >= 15 is 0 Å². The maximum atomic E-state index is 11.0. The molecule has 1 atom stereocenters. The highest BCUT2D eigenvalue weighted by molar-refractivity contribution is 5.86. The SMILES string of the molecule is C=C(C)C(=O)OCC(O)COCCCCC.C=CC. The van der Waals surface area contributed by atoms with E-state index in [1.807, 2.05) is 6.92 Å². The first kappa shape index (κ1) is 20.2. The van der Waals surface area contributed by atoms with Crippen LogP contribution in [0.25, 0.3) is 0 Å². The lowest BCUT2D eigenvalue weighted by atomic mass is 10.3. The Hall–Kier alpha value is -1.13. The molecule has 0 spiro atoms. The highest BCUT2D eigenvalue weighted by Gasteiger charge is 2.09. The Morgan fingerprint density at radius 1 is 1.37 bits per heavy atom. The summed E-state index contributed by atoms with van der Waals surface area (Å²) in [6.45, 7) is 13.2. The molecule has 0 saturated heterocycles. The smallest absolute Gasteiger partial charge is 0.333 e. The zero-order valence-electron chi connectivity index (χ0n) is 12.5. The van der Waals surface area contributed by atoms with Crippen LogP contribution in [0, 0.1) is 0 Å². The van der Waals surface area contributed by atoms with E-state index in [0.29, 0.717) is 12.2 Å². The van der Waals surface area contributed by atoms with Crippen molar-refractivity contribution >= 4 is 5.97 Å². The van der Waals surface area contributed by atoms with E-state index in [1.54, 1.807) is 13.0 Å². The molecule has 0 amide bonds. The van der Waals surface area contributed by atoms with Crippen molar-refractivity contribution in [3.63, 3.8) is 0 Å². The number of rotatable bonds is 9. The Kier molecular flexibility index (Phi) is 15.9. The fourth-order valence-electron chi connectivity index (χ4n) is 1.02. The number of aliphatic hydroxyl groups excluding tert-OH is 1. The molecule has 0 rings (SSSR count). The summed E-state index contributed by atoms with van der Waals surface area (Å²) in [4.78, 5) is 11.0. The predicted octanol–water partition coefficient (Wildman–Crippen LogP) is 2.87. The first-order valence-corrected chi connectivity index (χ1v) is 6.65. The molecule has 4 nitrogen and oxygen atoms in total. The maximum Gasteiger partial charge on any atom is 0.333 e. The molecule has 0 aromatic rings. The zero-order valence-corrected chi connectivity index (χ0v) is 12.5. The lowest BCUT2D eigenvalue weighted by molar-refractivity contribution is -0.143. The van der Waals surface area contributed by atoms with Crippen LogP contribution in [0.5, 0.6) is 0 Å². The van der Waals surface area contributed by atoms with Gasteiger partial charge in [-0.1, -0.05) is 32.4 Å². The van der Waals surface area contributed by atoms with Gasteiger partial charge in [0.2, 0.25) is 0 Å². The normalized spacial score (nSPS) is 10.9. The summed E-state index contributed by atoms with van der Waals surface area (Å²) >= 11 is 0. The summed E-state index contributed by atoms with van der Waals surface area (Å²) in [5.41, 5.74) is 0.330. The molecular weight excluding hydrogens is 244 g/mol. The van der Waals surface area contributed by atoms with Gasteiger partial charge in [-0.05, 0) is 20.3 Å². The van der Waals surface area contributed by atoms with E-state index in [0.717, 1.165) is 19.3 Å². The molecule has 0 aliphatic carbocycles. The van der Waals surface area contributed by atoms with Gasteiger partial charge >= 0.3 is 5.97 Å². The lowest BCUT2D eigenvalue weighted by Gasteiger charge is -2.11. The molecule has 0 heterocycles. The molecular formula is C15H28O4. The van der Waals surface area contributed by atoms with Crippen molar-refractivity contribution in [3.05, 3.63) is 24.8 Å². The number of unbranched alkanes of at least 4 members (excludes halogenated alkanes) is 2. The van der Waals surface area contributed by atoms with Crippen LogP contribution in [0.1, 0.15) is 40.0 Å². The molecule has 112 valence electrons. The van der Waals surface area contributed by atoms with Gasteiger partial charge in [-0.25, -0.2) is 4.79 Å². The average molecular weight is 272 g/mol. The minimum atomic E-state index is -0.759. The molecule has 4 heteroatoms. The van der Waals surface area contributed by atoms with Crippen LogP contribution in [0.4, 0.5) is 0 Å². The van der Waals surface area contributed by atoms with Gasteiger partial charge in [0.25, 0.3) is 0 Å². The number of carbonyl (C=O) groups excluding carboxylic acids is 1. The first-order chi connectivity index (χ1) is 8.99. The summed E-state index contributed by atoms with van der Waals surface area (Å²) in [5, 5.41) is 9.40. The fourth-order valence-corrected chi connectivity index (χ4v) is 1.02. The van der Waals surface area contributed by atoms with Crippen LogP contribution in [-0.4, -0.2) is 37.0 Å². The summed E-state index contributed by atoms with van der Waals surface area (Å²) < 4.78 is 10.0. The van der Waals surface area contributed by atoms with E-state index in [2.05, 4.69) is 20.1 Å². The van der Waals surface area contributed by atoms with Gasteiger partial charge in [0.15, 0.2) is 0 Å². The van der Waals surface area contributed by atoms with Gasteiger partial charge in [0.1, 0.15) is 12.7 Å². The zero-order chi connectivity index (χ0) is 15.1. The van der Waals surface area contributed by atoms with Gasteiger partial charge in [-0.15, -0.1) is 6.58 Å². The molecule has 0 radical (unpaired) electrons. The van der Waals surface area contributed by atoms with Crippen LogP contribution in [0.2, 0.25) is 0 Å². The van der Waals surface area contributed by atoms with Crippen LogP contribution < -0.4 is 0 Å². The van der Waals surface area contributed by atoms with Crippen LogP contribution in [0.15, 0.2) is 24.8 Å². The standard InChI is InChI=1S/C12H22O4.C3H6/c1-4-5-6-7-15-8-11(13)9-16-12(14)10(2)3;1-3-2/h11,13H,2,4-9H2,1,3H3;3H,1H2,2H3. The molecule has 1 unspecified atom stereocenters. The molecule has 0 saturated carbocycles. The van der Waals surface area contributed by atoms with Crippen LogP contribution >= 0.6 is 0 Å². The quantitative estimate of drug-likeness (QED) is 0.303. The van der Waals surface area contributed by atoms with Crippen molar-refractivity contribution in [2.24, 2.45) is 0 Å². The Balaban J connectivity index is 0. The molecule has 1 N–H and O–H groups in total. The molecule has 0 aromatic heterocycles. The third-order valence-electron chi connectivity index (χ3n) is 1.96. The van der Waals surface area contributed by atoms with Crippen molar-refractivity contribution in [1.82, 2.24) is 0 Å². The third-order valence-corrected chi connectivity index (χ3v) is 1.96. The van der Waals surface area contributed by atoms with Crippen molar-refractivity contribution in [1.29, 1.82) is 0 Å². The minimum absolute atomic E-state index is 0.0422. The van der Waals surface area contributed by atoms with Gasteiger partial charge in [-0.2, -0.15) is 0 Å². The summed E-state index contributed by atoms with van der Waals surface area (Å²) in [6.07, 6.45) is 4.25. The molecule has 0 fully saturated rings. The molecule has 0 bridgehead atoms. The Labute approximate surface area is 117 Å². The van der Waals surface area contributed by atoms with Crippen LogP contribution in [0.3, 0.4) is 0 Å². The summed E-state index contributed by atoms with van der Waals surface area (Å²) in [6, 6.07) is 0. The molecule has 0 aliphatic heterocycles. The number of allylic oxidation sites excluding steroid dienone is 1. The molecule has 0 aliphatic rings. The second-order valence-corrected chi connectivity index (χ2v) is 4.22. The number of hydrogen-bond donors (Lipinski definition) is 1. The van der Waals surface area contributed by atoms with Crippen molar-refractivity contribution in [2.45, 2.75) is 46.1 Å². The third kappa shape index (κ3) is 16.9. The summed E-state index contributed by atoms with van der Waals surface area (Å²) in [7, 11) is 0. The number of aliphatic hydroxyl groups is 1. The van der Waals surface area contributed by atoms with Crippen molar-refractivity contribution < 1.29 is 19.4 Å². The second-order valence-electron chi connectivity index (χ2n) is 4.22. The molecule has 0 aromatic carbocycles. The van der Waals surface area contributed by atoms with Crippen molar-refractivity contribution in [3.8, 4) is 0 Å². The van der Waals surface area contributed by atoms with Gasteiger partial charge in [0.05, 0.1) is 6.61 Å². The highest BCUT2D eigenvalue weighted by Crippen LogP contribution is 1.97. The lowest BCUT2D eigenvalue weighted by Crippen LogP contribution is -2.24. The first-order valence-electron chi connectivity index (χ1n) is 6.65. The predicted molar refractivity (Wildman–Crippen MR) is 78.0 cm³/mol. The number of carbonyl (C=O) groups is 1. The van der Waals surface area contributed by atoms with Gasteiger partial charge in [-0.3, -0.25) is 0 Å². The Bertz CT molecular complexity index is 249. The van der Waals surface area contributed by atoms with E-state index in [1.165, 1.54) is 0 Å². The number of esters is 1. The largest absolute Gasteiger partial charge is 0.460 e. The Morgan fingerprint density at radius 3 is 2.42 bits per heavy atom. The number of ether oxygens (including phenoxy) is 2. The topological polar surface area (TPSA) is 55.8 Å². The number of hydrogen-bond acceptors (Lipinski definition) is 4.